The molecule has 0 N–H and O–H groups in total. The first-order chi connectivity index (χ1) is 10.3. The van der Waals surface area contributed by atoms with Crippen LogP contribution < -0.4 is 0 Å². The first kappa shape index (κ1) is 13.3. The highest BCUT2D eigenvalue weighted by Gasteiger charge is 2.07. The SMILES string of the molecule is N#Cc1cccc(Cn2nncc2-c2ccc(Cl)cc2)c1. The van der Waals surface area contributed by atoms with Crippen molar-refractivity contribution in [2.45, 2.75) is 6.54 Å². The average molecular weight is 295 g/mol. The molecule has 0 unspecified atom stereocenters. The molecule has 0 fully saturated rings. The van der Waals surface area contributed by atoms with Crippen LogP contribution in [0.3, 0.4) is 0 Å². The molecule has 0 radical (unpaired) electrons. The van der Waals surface area contributed by atoms with Crippen LogP contribution in [0.2, 0.25) is 5.02 Å². The molecule has 4 nitrogen and oxygen atoms in total. The average Bonchev–Trinajstić information content (AvgIpc) is 2.96. The van der Waals surface area contributed by atoms with E-state index in [4.69, 9.17) is 16.9 Å². The van der Waals surface area contributed by atoms with Crippen LogP contribution in [0.5, 0.6) is 0 Å². The van der Waals surface area contributed by atoms with Crippen LogP contribution in [0.15, 0.2) is 54.7 Å². The van der Waals surface area contributed by atoms with Gasteiger partial charge in [-0.3, -0.25) is 0 Å². The summed E-state index contributed by atoms with van der Waals surface area (Å²) in [7, 11) is 0. The molecule has 3 rings (SSSR count). The minimum absolute atomic E-state index is 0.563. The van der Waals surface area contributed by atoms with E-state index in [0.717, 1.165) is 16.8 Å². The van der Waals surface area contributed by atoms with Gasteiger partial charge in [-0.25, -0.2) is 4.68 Å². The summed E-state index contributed by atoms with van der Waals surface area (Å²) in [6.45, 7) is 0.563. The molecule has 0 aliphatic rings. The molecule has 0 bridgehead atoms. The Labute approximate surface area is 127 Å². The Morgan fingerprint density at radius 3 is 2.71 bits per heavy atom. The van der Waals surface area contributed by atoms with Gasteiger partial charge in [0.2, 0.25) is 0 Å². The molecule has 0 aliphatic heterocycles. The number of aromatic nitrogens is 3. The van der Waals surface area contributed by atoms with Gasteiger partial charge in [-0.1, -0.05) is 41.1 Å². The van der Waals surface area contributed by atoms with Crippen LogP contribution in [0.1, 0.15) is 11.1 Å². The zero-order valence-corrected chi connectivity index (χ0v) is 11.8. The number of rotatable bonds is 3. The highest BCUT2D eigenvalue weighted by molar-refractivity contribution is 6.30. The van der Waals surface area contributed by atoms with Crippen molar-refractivity contribution in [3.8, 4) is 17.3 Å². The molecule has 0 amide bonds. The van der Waals surface area contributed by atoms with E-state index < -0.39 is 0 Å². The summed E-state index contributed by atoms with van der Waals surface area (Å²) in [6, 6.07) is 17.2. The van der Waals surface area contributed by atoms with Crippen LogP contribution in [0.25, 0.3) is 11.3 Å². The Morgan fingerprint density at radius 2 is 1.95 bits per heavy atom. The third-order valence-corrected chi connectivity index (χ3v) is 3.40. The Kier molecular flexibility index (Phi) is 3.67. The molecule has 21 heavy (non-hydrogen) atoms. The first-order valence-corrected chi connectivity index (χ1v) is 6.77. The summed E-state index contributed by atoms with van der Waals surface area (Å²) in [4.78, 5) is 0. The second kappa shape index (κ2) is 5.78. The van der Waals surface area contributed by atoms with Crippen LogP contribution in [0, 0.1) is 11.3 Å². The van der Waals surface area contributed by atoms with Crippen molar-refractivity contribution >= 4 is 11.6 Å². The van der Waals surface area contributed by atoms with Crippen molar-refractivity contribution in [1.82, 2.24) is 15.0 Å². The monoisotopic (exact) mass is 294 g/mol. The Balaban J connectivity index is 1.92. The second-order valence-electron chi connectivity index (χ2n) is 4.60. The minimum atomic E-state index is 0.563. The standard InChI is InChI=1S/C16H11ClN4/c17-15-6-4-14(5-7-15)16-10-19-20-21(16)11-13-3-1-2-12(8-13)9-18/h1-8,10H,11H2. The molecule has 3 aromatic rings. The second-order valence-corrected chi connectivity index (χ2v) is 5.03. The highest BCUT2D eigenvalue weighted by atomic mass is 35.5. The zero-order chi connectivity index (χ0) is 14.7. The summed E-state index contributed by atoms with van der Waals surface area (Å²) in [6.07, 6.45) is 1.72. The maximum Gasteiger partial charge on any atom is 0.0991 e. The third-order valence-electron chi connectivity index (χ3n) is 3.15. The third kappa shape index (κ3) is 2.93. The van der Waals surface area contributed by atoms with Crippen molar-refractivity contribution < 1.29 is 0 Å². The van der Waals surface area contributed by atoms with Crippen molar-refractivity contribution in [2.75, 3.05) is 0 Å². The molecule has 0 saturated carbocycles. The molecule has 0 spiro atoms. The summed E-state index contributed by atoms with van der Waals surface area (Å²) >= 11 is 5.91. The van der Waals surface area contributed by atoms with E-state index in [1.807, 2.05) is 42.5 Å². The van der Waals surface area contributed by atoms with E-state index in [2.05, 4.69) is 16.4 Å². The number of benzene rings is 2. The predicted molar refractivity (Wildman–Crippen MR) is 80.7 cm³/mol. The molecule has 5 heteroatoms. The largest absolute Gasteiger partial charge is 0.240 e. The fourth-order valence-electron chi connectivity index (χ4n) is 2.13. The van der Waals surface area contributed by atoms with Gasteiger partial charge in [0.1, 0.15) is 0 Å². The fourth-order valence-corrected chi connectivity index (χ4v) is 2.26. The van der Waals surface area contributed by atoms with Gasteiger partial charge in [0.05, 0.1) is 30.1 Å². The maximum atomic E-state index is 8.95. The maximum absolute atomic E-state index is 8.95. The topological polar surface area (TPSA) is 54.5 Å². The first-order valence-electron chi connectivity index (χ1n) is 6.40. The number of nitrogens with zero attached hydrogens (tertiary/aromatic N) is 4. The Bertz CT molecular complexity index is 800. The van der Waals surface area contributed by atoms with E-state index in [-0.39, 0.29) is 0 Å². The van der Waals surface area contributed by atoms with Gasteiger partial charge in [-0.05, 0) is 29.8 Å². The summed E-state index contributed by atoms with van der Waals surface area (Å²) in [5, 5.41) is 17.7. The van der Waals surface area contributed by atoms with Crippen molar-refractivity contribution in [1.29, 1.82) is 5.26 Å². The molecule has 1 heterocycles. The number of nitriles is 1. The lowest BCUT2D eigenvalue weighted by Gasteiger charge is -2.07. The van der Waals surface area contributed by atoms with Crippen molar-refractivity contribution in [3.63, 3.8) is 0 Å². The normalized spacial score (nSPS) is 10.3. The van der Waals surface area contributed by atoms with Crippen molar-refractivity contribution in [3.05, 3.63) is 70.9 Å². The number of hydrogen-bond donors (Lipinski definition) is 0. The van der Waals surface area contributed by atoms with Gasteiger partial charge in [0.15, 0.2) is 0 Å². The van der Waals surface area contributed by atoms with Crippen LogP contribution in [-0.2, 0) is 6.54 Å². The van der Waals surface area contributed by atoms with Crippen LogP contribution >= 0.6 is 11.6 Å². The molecular formula is C16H11ClN4. The van der Waals surface area contributed by atoms with E-state index in [9.17, 15) is 0 Å². The number of halogens is 1. The van der Waals surface area contributed by atoms with Crippen LogP contribution in [0.4, 0.5) is 0 Å². The van der Waals surface area contributed by atoms with E-state index >= 15 is 0 Å². The molecule has 102 valence electrons. The van der Waals surface area contributed by atoms with Gasteiger partial charge in [-0.15, -0.1) is 5.10 Å². The van der Waals surface area contributed by atoms with Crippen LogP contribution in [-0.4, -0.2) is 15.0 Å². The minimum Gasteiger partial charge on any atom is -0.240 e. The predicted octanol–water partition coefficient (Wildman–Crippen LogP) is 3.52. The zero-order valence-electron chi connectivity index (χ0n) is 11.1. The van der Waals surface area contributed by atoms with Gasteiger partial charge in [0.25, 0.3) is 0 Å². The lowest BCUT2D eigenvalue weighted by Crippen LogP contribution is -2.04. The summed E-state index contributed by atoms with van der Waals surface area (Å²) < 4.78 is 1.81. The van der Waals surface area contributed by atoms with Crippen molar-refractivity contribution in [2.24, 2.45) is 0 Å². The highest BCUT2D eigenvalue weighted by Crippen LogP contribution is 2.21. The van der Waals surface area contributed by atoms with Gasteiger partial charge < -0.3 is 0 Å². The molecular weight excluding hydrogens is 284 g/mol. The summed E-state index contributed by atoms with van der Waals surface area (Å²) in [5.41, 5.74) is 3.56. The van der Waals surface area contributed by atoms with E-state index in [1.54, 1.807) is 16.9 Å². The molecule has 0 saturated heterocycles. The van der Waals surface area contributed by atoms with E-state index in [1.165, 1.54) is 0 Å². The fraction of sp³-hybridized carbons (Fsp3) is 0.0625. The lowest BCUT2D eigenvalue weighted by molar-refractivity contribution is 0.655. The van der Waals surface area contributed by atoms with Gasteiger partial charge in [-0.2, -0.15) is 5.26 Å². The quantitative estimate of drug-likeness (QED) is 0.742. The van der Waals surface area contributed by atoms with E-state index in [0.29, 0.717) is 17.1 Å². The molecule has 0 atom stereocenters. The van der Waals surface area contributed by atoms with Gasteiger partial charge in [0, 0.05) is 10.6 Å². The Hall–Kier alpha value is -2.64. The molecule has 1 aromatic heterocycles. The Morgan fingerprint density at radius 1 is 1.14 bits per heavy atom. The smallest absolute Gasteiger partial charge is 0.0991 e. The van der Waals surface area contributed by atoms with Gasteiger partial charge >= 0.3 is 0 Å². The summed E-state index contributed by atoms with van der Waals surface area (Å²) in [5.74, 6) is 0. The molecule has 0 aliphatic carbocycles. The lowest BCUT2D eigenvalue weighted by atomic mass is 10.1. The molecule has 2 aromatic carbocycles. The number of hydrogen-bond acceptors (Lipinski definition) is 3.